The Kier molecular flexibility index (Phi) is 10.9. The first-order chi connectivity index (χ1) is 24.9. The summed E-state index contributed by atoms with van der Waals surface area (Å²) in [5.41, 5.74) is -4.66. The number of hydrogen-bond acceptors (Lipinski definition) is 7. The van der Waals surface area contributed by atoms with Crippen LogP contribution < -0.4 is 9.47 Å². The van der Waals surface area contributed by atoms with Crippen molar-refractivity contribution in [2.75, 3.05) is 6.61 Å². The van der Waals surface area contributed by atoms with Gasteiger partial charge in [0.25, 0.3) is 0 Å². The van der Waals surface area contributed by atoms with E-state index in [-0.39, 0.29) is 29.1 Å². The number of ether oxygens (including phenoxy) is 3. The fourth-order valence-corrected chi connectivity index (χ4v) is 4.99. The molecule has 0 aliphatic carbocycles. The lowest BCUT2D eigenvalue weighted by atomic mass is 9.92. The number of carbonyl (C=O) groups excluding carboxylic acids is 1. The van der Waals surface area contributed by atoms with Crippen molar-refractivity contribution in [3.8, 4) is 23.0 Å². The Bertz CT molecular complexity index is 2300. The Balaban J connectivity index is 0.000000204. The van der Waals surface area contributed by atoms with Gasteiger partial charge in [0.2, 0.25) is 0 Å². The molecule has 6 rings (SSSR count). The van der Waals surface area contributed by atoms with Crippen LogP contribution in [0.25, 0.3) is 21.8 Å². The highest BCUT2D eigenvalue weighted by molar-refractivity contribution is 5.82. The zero-order valence-electron chi connectivity index (χ0n) is 27.9. The first-order valence-corrected chi connectivity index (χ1v) is 15.6. The molecule has 15 heteroatoms. The molecule has 0 aliphatic heterocycles. The first kappa shape index (κ1) is 38.4. The number of aromatic nitrogens is 2. The van der Waals surface area contributed by atoms with Gasteiger partial charge >= 0.3 is 17.8 Å². The third-order valence-corrected chi connectivity index (χ3v) is 7.61. The molecule has 7 nitrogen and oxygen atoms in total. The van der Waals surface area contributed by atoms with Gasteiger partial charge in [-0.3, -0.25) is 0 Å². The summed E-state index contributed by atoms with van der Waals surface area (Å²) >= 11 is 0. The Morgan fingerprint density at radius 3 is 1.53 bits per heavy atom. The summed E-state index contributed by atoms with van der Waals surface area (Å²) in [4.78, 5) is 19.4. The number of nitrogens with zero attached hydrogens (tertiary/aromatic N) is 2. The van der Waals surface area contributed by atoms with Gasteiger partial charge in [-0.05, 0) is 69.3 Å². The van der Waals surface area contributed by atoms with Crippen molar-refractivity contribution in [3.05, 3.63) is 132 Å². The van der Waals surface area contributed by atoms with Crippen molar-refractivity contribution in [1.29, 1.82) is 0 Å². The summed E-state index contributed by atoms with van der Waals surface area (Å²) in [5, 5.41) is 10.5. The number of esters is 1. The average Bonchev–Trinajstić information content (AvgIpc) is 3.08. The van der Waals surface area contributed by atoms with Crippen LogP contribution in [0.15, 0.2) is 97.3 Å². The highest BCUT2D eigenvalue weighted by atomic mass is 19.3. The maximum Gasteiger partial charge on any atom is 0.382 e. The predicted octanol–water partition coefficient (Wildman–Crippen LogP) is 10.1. The minimum absolute atomic E-state index is 0.0281. The largest absolute Gasteiger partial charge is 0.461 e. The van der Waals surface area contributed by atoms with E-state index >= 15 is 0 Å². The van der Waals surface area contributed by atoms with Crippen LogP contribution >= 0.6 is 0 Å². The summed E-state index contributed by atoms with van der Waals surface area (Å²) in [6.07, 6.45) is 2.27. The fraction of sp³-hybridized carbons (Fsp3) is 0.184. The van der Waals surface area contributed by atoms with Gasteiger partial charge < -0.3 is 19.3 Å². The molecule has 0 atom stereocenters. The number of aliphatic hydroxyl groups is 1. The molecule has 0 spiro atoms. The molecule has 276 valence electrons. The van der Waals surface area contributed by atoms with Gasteiger partial charge in [0.15, 0.2) is 0 Å². The molecule has 0 unspecified atom stereocenters. The predicted molar refractivity (Wildman–Crippen MR) is 177 cm³/mol. The van der Waals surface area contributed by atoms with Crippen molar-refractivity contribution in [2.45, 2.75) is 38.2 Å². The van der Waals surface area contributed by atoms with Gasteiger partial charge in [-0.1, -0.05) is 36.4 Å². The van der Waals surface area contributed by atoms with E-state index in [1.54, 1.807) is 12.1 Å². The molecular weight excluding hydrogens is 716 g/mol. The molecule has 0 fully saturated rings. The molecule has 0 bridgehead atoms. The second kappa shape index (κ2) is 15.0. The normalized spacial score (nSPS) is 11.9. The maximum absolute atomic E-state index is 14.6. The number of alkyl halides is 4. The van der Waals surface area contributed by atoms with E-state index in [2.05, 4.69) is 14.7 Å². The van der Waals surface area contributed by atoms with E-state index in [1.807, 2.05) is 0 Å². The Hall–Kier alpha value is -5.83. The van der Waals surface area contributed by atoms with Crippen LogP contribution in [0.5, 0.6) is 23.0 Å². The molecule has 53 heavy (non-hydrogen) atoms. The van der Waals surface area contributed by atoms with Gasteiger partial charge in [0.05, 0.1) is 19.0 Å². The van der Waals surface area contributed by atoms with E-state index in [0.717, 1.165) is 56.6 Å². The maximum atomic E-state index is 14.6. The summed E-state index contributed by atoms with van der Waals surface area (Å²) < 4.78 is 129. The number of rotatable bonds is 9. The van der Waals surface area contributed by atoms with E-state index in [9.17, 15) is 45.0 Å². The molecular formula is C38H28F8N2O5. The molecule has 6 aromatic rings. The monoisotopic (exact) mass is 744 g/mol. The van der Waals surface area contributed by atoms with Crippen LogP contribution in [0, 0.1) is 23.3 Å². The zero-order chi connectivity index (χ0) is 38.7. The van der Waals surface area contributed by atoms with Crippen LogP contribution in [-0.2, 0) is 21.4 Å². The van der Waals surface area contributed by atoms with Gasteiger partial charge in [-0.15, -0.1) is 0 Å². The third kappa shape index (κ3) is 7.99. The average molecular weight is 745 g/mol. The molecule has 0 saturated carbocycles. The van der Waals surface area contributed by atoms with E-state index in [1.165, 1.54) is 49.4 Å². The Labute approximate surface area is 296 Å². The number of pyridine rings is 2. The Morgan fingerprint density at radius 2 is 1.08 bits per heavy atom. The van der Waals surface area contributed by atoms with Crippen molar-refractivity contribution in [3.63, 3.8) is 0 Å². The third-order valence-electron chi connectivity index (χ3n) is 7.61. The lowest BCUT2D eigenvalue weighted by Crippen LogP contribution is -2.41. The summed E-state index contributed by atoms with van der Waals surface area (Å²) in [6.45, 7) is 2.82. The molecule has 0 aliphatic rings. The van der Waals surface area contributed by atoms with Crippen molar-refractivity contribution >= 4 is 27.8 Å². The van der Waals surface area contributed by atoms with Gasteiger partial charge in [-0.2, -0.15) is 17.6 Å². The number of hydrogen-bond donors (Lipinski definition) is 1. The molecule has 2 heterocycles. The van der Waals surface area contributed by atoms with Crippen molar-refractivity contribution < 1.29 is 59.2 Å². The summed E-state index contributed by atoms with van der Waals surface area (Å²) in [6, 6.07) is 17.5. The minimum Gasteiger partial charge on any atom is -0.461 e. The number of halogens is 8. The topological polar surface area (TPSA) is 90.8 Å². The number of benzene rings is 4. The second-order valence-electron chi connectivity index (χ2n) is 11.8. The van der Waals surface area contributed by atoms with Crippen LogP contribution in [0.1, 0.15) is 31.9 Å². The van der Waals surface area contributed by atoms with Gasteiger partial charge in [-0.25, -0.2) is 32.3 Å². The van der Waals surface area contributed by atoms with Gasteiger partial charge in [0, 0.05) is 10.8 Å². The standard InChI is InChI=1S/C19H13F4NO3.C19H15F4NO2/c1-2-26-18(25)19(22,23)16-13(20)6-4-8-15(16)27-12-9-11-5-3-7-14(21)17(11)24-10-12;1-18(2,25)19(22,23)16-13(20)6-4-8-15(16)26-12-9-11-5-3-7-14(21)17(11)24-10-12/h3-10H,2H2,1H3;3-10,25H,1-2H3. The van der Waals surface area contributed by atoms with Crippen LogP contribution in [0.3, 0.4) is 0 Å². The molecule has 4 aromatic carbocycles. The van der Waals surface area contributed by atoms with Crippen molar-refractivity contribution in [1.82, 2.24) is 9.97 Å². The van der Waals surface area contributed by atoms with E-state index in [4.69, 9.17) is 9.47 Å². The summed E-state index contributed by atoms with van der Waals surface area (Å²) in [5.74, 6) is -14.7. The number of carbonyl (C=O) groups is 1. The SMILES string of the molecule is CC(C)(O)C(F)(F)c1c(F)cccc1Oc1cnc2c(F)cccc2c1.CCOC(=O)C(F)(F)c1c(F)cccc1Oc1cnc2c(F)cccc2c1. The fourth-order valence-electron chi connectivity index (χ4n) is 4.99. The summed E-state index contributed by atoms with van der Waals surface area (Å²) in [7, 11) is 0. The quantitative estimate of drug-likeness (QED) is 0.116. The van der Waals surface area contributed by atoms with Crippen LogP contribution in [-0.4, -0.2) is 33.3 Å². The molecule has 0 radical (unpaired) electrons. The molecule has 1 N–H and O–H groups in total. The van der Waals surface area contributed by atoms with E-state index in [0.29, 0.717) is 10.8 Å². The first-order valence-electron chi connectivity index (χ1n) is 15.6. The van der Waals surface area contributed by atoms with E-state index < -0.39 is 69.3 Å². The lowest BCUT2D eigenvalue weighted by molar-refractivity contribution is -0.173. The highest BCUT2D eigenvalue weighted by Crippen LogP contribution is 2.45. The Morgan fingerprint density at radius 1 is 0.660 bits per heavy atom. The van der Waals surface area contributed by atoms with Crippen LogP contribution in [0.2, 0.25) is 0 Å². The van der Waals surface area contributed by atoms with Crippen molar-refractivity contribution in [2.24, 2.45) is 0 Å². The molecule has 0 amide bonds. The minimum atomic E-state index is -4.26. The molecule has 2 aromatic heterocycles. The molecule has 0 saturated heterocycles. The van der Waals surface area contributed by atoms with Crippen LogP contribution in [0.4, 0.5) is 35.1 Å². The number of fused-ring (bicyclic) bond motifs is 2. The van der Waals surface area contributed by atoms with Gasteiger partial charge in [0.1, 0.15) is 74.0 Å². The zero-order valence-corrected chi connectivity index (χ0v) is 27.9. The second-order valence-corrected chi connectivity index (χ2v) is 11.8. The lowest BCUT2D eigenvalue weighted by Gasteiger charge is -2.30. The number of para-hydroxylation sites is 2. The highest BCUT2D eigenvalue weighted by Gasteiger charge is 2.51. The smallest absolute Gasteiger partial charge is 0.382 e.